The molecule has 6 nitrogen and oxygen atoms in total. The molecule has 1 unspecified atom stereocenters. The molecule has 2 aromatic rings. The first-order valence-electron chi connectivity index (χ1n) is 9.29. The fourth-order valence-electron chi connectivity index (χ4n) is 3.90. The smallest absolute Gasteiger partial charge is 0.254 e. The summed E-state index contributed by atoms with van der Waals surface area (Å²) in [5, 5.41) is 4.52. The average Bonchev–Trinajstić information content (AvgIpc) is 3.33. The SMILES string of the molecule is Cc1noc(C2CCCCN2C(=O)c2ccc(N3CCCC3)c(Cl)c2)n1. The van der Waals surface area contributed by atoms with E-state index in [0.717, 1.165) is 38.0 Å². The summed E-state index contributed by atoms with van der Waals surface area (Å²) in [6, 6.07) is 5.49. The lowest BCUT2D eigenvalue weighted by Crippen LogP contribution is -2.38. The zero-order valence-electron chi connectivity index (χ0n) is 14.9. The molecule has 0 bridgehead atoms. The molecular formula is C19H23ClN4O2. The number of nitrogens with zero attached hydrogens (tertiary/aromatic N) is 4. The molecule has 0 spiro atoms. The molecule has 1 amide bonds. The van der Waals surface area contributed by atoms with Gasteiger partial charge in [-0.2, -0.15) is 4.98 Å². The van der Waals surface area contributed by atoms with Gasteiger partial charge in [0.05, 0.1) is 10.7 Å². The number of aryl methyl sites for hydroxylation is 1. The first kappa shape index (κ1) is 17.3. The van der Waals surface area contributed by atoms with Gasteiger partial charge in [-0.25, -0.2) is 0 Å². The summed E-state index contributed by atoms with van der Waals surface area (Å²) in [5.74, 6) is 1.09. The van der Waals surface area contributed by atoms with Crippen LogP contribution in [-0.4, -0.2) is 40.6 Å². The van der Waals surface area contributed by atoms with Gasteiger partial charge in [-0.05, 0) is 57.2 Å². The fourth-order valence-corrected chi connectivity index (χ4v) is 4.20. The number of aromatic nitrogens is 2. The maximum Gasteiger partial charge on any atom is 0.254 e. The molecule has 0 aliphatic carbocycles. The molecule has 7 heteroatoms. The zero-order chi connectivity index (χ0) is 18.1. The van der Waals surface area contributed by atoms with Crippen LogP contribution in [0.5, 0.6) is 0 Å². The molecule has 0 saturated carbocycles. The Kier molecular flexibility index (Phi) is 4.85. The molecule has 0 radical (unpaired) electrons. The average molecular weight is 375 g/mol. The molecule has 138 valence electrons. The van der Waals surface area contributed by atoms with E-state index in [9.17, 15) is 4.79 Å². The largest absolute Gasteiger partial charge is 0.370 e. The van der Waals surface area contributed by atoms with Crippen LogP contribution >= 0.6 is 11.6 Å². The highest BCUT2D eigenvalue weighted by Crippen LogP contribution is 2.33. The van der Waals surface area contributed by atoms with Gasteiger partial charge >= 0.3 is 0 Å². The van der Waals surface area contributed by atoms with Crippen molar-refractivity contribution in [1.82, 2.24) is 15.0 Å². The van der Waals surface area contributed by atoms with Crippen molar-refractivity contribution < 1.29 is 9.32 Å². The van der Waals surface area contributed by atoms with Gasteiger partial charge in [-0.1, -0.05) is 16.8 Å². The van der Waals surface area contributed by atoms with Crippen LogP contribution in [-0.2, 0) is 0 Å². The number of anilines is 1. The first-order valence-corrected chi connectivity index (χ1v) is 9.67. The molecule has 1 atom stereocenters. The minimum Gasteiger partial charge on any atom is -0.370 e. The van der Waals surface area contributed by atoms with Crippen LogP contribution in [0.15, 0.2) is 22.7 Å². The van der Waals surface area contributed by atoms with Crippen molar-refractivity contribution in [3.05, 3.63) is 40.5 Å². The quantitative estimate of drug-likeness (QED) is 0.812. The van der Waals surface area contributed by atoms with E-state index in [0.29, 0.717) is 28.8 Å². The van der Waals surface area contributed by atoms with Crippen LogP contribution in [0.25, 0.3) is 0 Å². The minimum absolute atomic E-state index is 0.0274. The molecule has 2 fully saturated rings. The third kappa shape index (κ3) is 3.30. The molecule has 1 aromatic heterocycles. The van der Waals surface area contributed by atoms with Crippen molar-refractivity contribution in [2.24, 2.45) is 0 Å². The van der Waals surface area contributed by atoms with Gasteiger partial charge in [0.2, 0.25) is 5.89 Å². The predicted octanol–water partition coefficient (Wildman–Crippen LogP) is 4.00. The number of carbonyl (C=O) groups is 1. The maximum absolute atomic E-state index is 13.1. The second-order valence-corrected chi connectivity index (χ2v) is 7.46. The highest BCUT2D eigenvalue weighted by atomic mass is 35.5. The van der Waals surface area contributed by atoms with Gasteiger partial charge in [0, 0.05) is 25.2 Å². The van der Waals surface area contributed by atoms with Crippen LogP contribution in [0.3, 0.4) is 0 Å². The molecule has 2 aliphatic heterocycles. The summed E-state index contributed by atoms with van der Waals surface area (Å²) in [6.45, 7) is 4.53. The lowest BCUT2D eigenvalue weighted by molar-refractivity contribution is 0.0561. The third-order valence-electron chi connectivity index (χ3n) is 5.23. The number of likely N-dealkylation sites (tertiary alicyclic amines) is 1. The highest BCUT2D eigenvalue weighted by molar-refractivity contribution is 6.33. The number of halogens is 1. The van der Waals surface area contributed by atoms with E-state index in [4.69, 9.17) is 16.1 Å². The van der Waals surface area contributed by atoms with Crippen LogP contribution in [0.4, 0.5) is 5.69 Å². The van der Waals surface area contributed by atoms with Gasteiger partial charge in [-0.3, -0.25) is 4.79 Å². The monoisotopic (exact) mass is 374 g/mol. The van der Waals surface area contributed by atoms with Crippen molar-refractivity contribution in [3.63, 3.8) is 0 Å². The third-order valence-corrected chi connectivity index (χ3v) is 5.54. The van der Waals surface area contributed by atoms with Gasteiger partial charge < -0.3 is 14.3 Å². The summed E-state index contributed by atoms with van der Waals surface area (Å²) in [5.41, 5.74) is 1.63. The van der Waals surface area contributed by atoms with Crippen LogP contribution in [0, 0.1) is 6.92 Å². The standard InChI is InChI=1S/C19H23ClN4O2/c1-13-21-18(26-22-13)17-6-2-3-11-24(17)19(25)14-7-8-16(15(20)12-14)23-9-4-5-10-23/h7-8,12,17H,2-6,9-11H2,1H3. The Labute approximate surface area is 158 Å². The summed E-state index contributed by atoms with van der Waals surface area (Å²) in [4.78, 5) is 21.6. The number of amides is 1. The number of piperidine rings is 1. The normalized spacial score (nSPS) is 20.6. The number of hydrogen-bond acceptors (Lipinski definition) is 5. The van der Waals surface area contributed by atoms with E-state index in [2.05, 4.69) is 15.0 Å². The van der Waals surface area contributed by atoms with Crippen molar-refractivity contribution in [1.29, 1.82) is 0 Å². The Hall–Kier alpha value is -2.08. The summed E-state index contributed by atoms with van der Waals surface area (Å²) in [7, 11) is 0. The van der Waals surface area contributed by atoms with E-state index >= 15 is 0 Å². The molecule has 0 N–H and O–H groups in total. The van der Waals surface area contributed by atoms with Gasteiger partial charge in [0.25, 0.3) is 5.91 Å². The summed E-state index contributed by atoms with van der Waals surface area (Å²) in [6.07, 6.45) is 5.25. The lowest BCUT2D eigenvalue weighted by Gasteiger charge is -2.33. The zero-order valence-corrected chi connectivity index (χ0v) is 15.7. The van der Waals surface area contributed by atoms with Crippen LogP contribution in [0.1, 0.15) is 60.2 Å². The Morgan fingerprint density at radius 3 is 2.65 bits per heavy atom. The van der Waals surface area contributed by atoms with E-state index in [-0.39, 0.29) is 11.9 Å². The van der Waals surface area contributed by atoms with Crippen LogP contribution in [0.2, 0.25) is 5.02 Å². The van der Waals surface area contributed by atoms with Crippen molar-refractivity contribution >= 4 is 23.2 Å². The second kappa shape index (κ2) is 7.27. The molecular weight excluding hydrogens is 352 g/mol. The van der Waals surface area contributed by atoms with E-state index in [1.165, 1.54) is 12.8 Å². The highest BCUT2D eigenvalue weighted by Gasteiger charge is 2.32. The molecule has 2 saturated heterocycles. The van der Waals surface area contributed by atoms with E-state index in [1.54, 1.807) is 13.0 Å². The minimum atomic E-state index is -0.158. The molecule has 26 heavy (non-hydrogen) atoms. The van der Waals surface area contributed by atoms with Crippen LogP contribution < -0.4 is 4.90 Å². The molecule has 2 aliphatic rings. The topological polar surface area (TPSA) is 62.5 Å². The van der Waals surface area contributed by atoms with E-state index in [1.807, 2.05) is 17.0 Å². The maximum atomic E-state index is 13.1. The Morgan fingerprint density at radius 2 is 1.96 bits per heavy atom. The molecule has 4 rings (SSSR count). The number of carbonyl (C=O) groups excluding carboxylic acids is 1. The molecule has 3 heterocycles. The Bertz CT molecular complexity index is 801. The Balaban J connectivity index is 1.58. The summed E-state index contributed by atoms with van der Waals surface area (Å²) >= 11 is 6.50. The number of hydrogen-bond donors (Lipinski definition) is 0. The van der Waals surface area contributed by atoms with Crippen molar-refractivity contribution in [2.75, 3.05) is 24.5 Å². The Morgan fingerprint density at radius 1 is 1.19 bits per heavy atom. The summed E-state index contributed by atoms with van der Waals surface area (Å²) < 4.78 is 5.34. The first-order chi connectivity index (χ1) is 12.6. The predicted molar refractivity (Wildman–Crippen MR) is 99.6 cm³/mol. The van der Waals surface area contributed by atoms with Gasteiger partial charge in [-0.15, -0.1) is 0 Å². The van der Waals surface area contributed by atoms with Crippen molar-refractivity contribution in [2.45, 2.75) is 45.1 Å². The fraction of sp³-hybridized carbons (Fsp3) is 0.526. The second-order valence-electron chi connectivity index (χ2n) is 7.05. The van der Waals surface area contributed by atoms with Gasteiger partial charge in [0.1, 0.15) is 6.04 Å². The molecule has 1 aromatic carbocycles. The lowest BCUT2D eigenvalue weighted by atomic mass is 10.0. The number of benzene rings is 1. The van der Waals surface area contributed by atoms with Gasteiger partial charge in [0.15, 0.2) is 5.82 Å². The van der Waals surface area contributed by atoms with E-state index < -0.39 is 0 Å². The van der Waals surface area contributed by atoms with Crippen molar-refractivity contribution in [3.8, 4) is 0 Å². The number of rotatable bonds is 3.